The van der Waals surface area contributed by atoms with E-state index in [1.807, 2.05) is 25.4 Å². The molecule has 3 rings (SSSR count). The Labute approximate surface area is 101 Å². The molecule has 3 heteroatoms. The summed E-state index contributed by atoms with van der Waals surface area (Å²) in [6, 6.07) is 8.20. The first-order valence-corrected chi connectivity index (χ1v) is 6.00. The Bertz CT molecular complexity index is 549. The second-order valence-corrected chi connectivity index (χ2v) is 4.35. The molecule has 86 valence electrons. The lowest BCUT2D eigenvalue weighted by Gasteiger charge is -2.05. The zero-order valence-corrected chi connectivity index (χ0v) is 9.90. The summed E-state index contributed by atoms with van der Waals surface area (Å²) in [5.41, 5.74) is 4.71. The van der Waals surface area contributed by atoms with Crippen LogP contribution in [-0.2, 0) is 12.8 Å². The minimum Gasteiger partial charge on any atom is -0.388 e. The van der Waals surface area contributed by atoms with Gasteiger partial charge in [-0.1, -0.05) is 12.1 Å². The fraction of sp³-hybridized carbons (Fsp3) is 0.286. The average molecular weight is 225 g/mol. The van der Waals surface area contributed by atoms with E-state index in [1.165, 1.54) is 17.7 Å². The maximum atomic E-state index is 4.66. The first-order valence-electron chi connectivity index (χ1n) is 6.00. The Morgan fingerprint density at radius 2 is 2.18 bits per heavy atom. The quantitative estimate of drug-likeness (QED) is 0.853. The van der Waals surface area contributed by atoms with Crippen LogP contribution >= 0.6 is 0 Å². The van der Waals surface area contributed by atoms with Crippen LogP contribution in [0, 0.1) is 0 Å². The molecule has 1 N–H and O–H groups in total. The van der Waals surface area contributed by atoms with Crippen LogP contribution in [0.25, 0.3) is 11.4 Å². The van der Waals surface area contributed by atoms with E-state index >= 15 is 0 Å². The van der Waals surface area contributed by atoms with E-state index in [-0.39, 0.29) is 0 Å². The minimum absolute atomic E-state index is 0.836. The number of fused-ring (bicyclic) bond motifs is 1. The van der Waals surface area contributed by atoms with Gasteiger partial charge in [0.15, 0.2) is 5.82 Å². The molecular formula is C14H15N3. The Morgan fingerprint density at radius 3 is 3.06 bits per heavy atom. The third-order valence-electron chi connectivity index (χ3n) is 3.22. The first kappa shape index (κ1) is 10.3. The molecule has 0 bridgehead atoms. The second kappa shape index (κ2) is 4.17. The maximum absolute atomic E-state index is 4.66. The van der Waals surface area contributed by atoms with Crippen molar-refractivity contribution in [3.8, 4) is 11.4 Å². The van der Waals surface area contributed by atoms with Crippen LogP contribution in [-0.4, -0.2) is 17.0 Å². The zero-order chi connectivity index (χ0) is 11.7. The standard InChI is InChI=1S/C14H15N3/c1-15-12-6-2-4-10(8-12)14-16-9-11-5-3-7-13(11)17-14/h2,4,6,8-9,15H,3,5,7H2,1H3. The van der Waals surface area contributed by atoms with Gasteiger partial charge in [-0.3, -0.25) is 0 Å². The van der Waals surface area contributed by atoms with Crippen molar-refractivity contribution in [2.45, 2.75) is 19.3 Å². The van der Waals surface area contributed by atoms with Gasteiger partial charge in [0.25, 0.3) is 0 Å². The number of nitrogens with one attached hydrogen (secondary N) is 1. The number of aromatic nitrogens is 2. The average Bonchev–Trinajstić information content (AvgIpc) is 2.86. The Morgan fingerprint density at radius 1 is 1.24 bits per heavy atom. The SMILES string of the molecule is CNc1cccc(-c2ncc3c(n2)CCC3)c1. The van der Waals surface area contributed by atoms with Gasteiger partial charge < -0.3 is 5.32 Å². The van der Waals surface area contributed by atoms with Crippen LogP contribution in [0.2, 0.25) is 0 Å². The molecule has 1 aromatic carbocycles. The first-order chi connectivity index (χ1) is 8.36. The Hall–Kier alpha value is -1.90. The van der Waals surface area contributed by atoms with Crippen LogP contribution in [0.4, 0.5) is 5.69 Å². The van der Waals surface area contributed by atoms with Crippen molar-refractivity contribution in [1.29, 1.82) is 0 Å². The number of hydrogen-bond donors (Lipinski definition) is 1. The van der Waals surface area contributed by atoms with Gasteiger partial charge >= 0.3 is 0 Å². The van der Waals surface area contributed by atoms with Crippen molar-refractivity contribution in [1.82, 2.24) is 9.97 Å². The summed E-state index contributed by atoms with van der Waals surface area (Å²) in [7, 11) is 1.92. The van der Waals surface area contributed by atoms with Crippen LogP contribution in [0.1, 0.15) is 17.7 Å². The van der Waals surface area contributed by atoms with Crippen molar-refractivity contribution >= 4 is 5.69 Å². The molecule has 1 aliphatic carbocycles. The van der Waals surface area contributed by atoms with Crippen molar-refractivity contribution in [3.63, 3.8) is 0 Å². The molecule has 0 aliphatic heterocycles. The van der Waals surface area contributed by atoms with E-state index in [0.717, 1.165) is 29.9 Å². The lowest BCUT2D eigenvalue weighted by atomic mass is 10.1. The monoisotopic (exact) mass is 225 g/mol. The molecule has 1 heterocycles. The largest absolute Gasteiger partial charge is 0.388 e. The normalized spacial score (nSPS) is 13.5. The number of rotatable bonds is 2. The van der Waals surface area contributed by atoms with Crippen LogP contribution in [0.3, 0.4) is 0 Å². The lowest BCUT2D eigenvalue weighted by Crippen LogP contribution is -1.96. The number of benzene rings is 1. The van der Waals surface area contributed by atoms with Gasteiger partial charge in [-0.15, -0.1) is 0 Å². The summed E-state index contributed by atoms with van der Waals surface area (Å²) in [4.78, 5) is 9.12. The van der Waals surface area contributed by atoms with E-state index in [1.54, 1.807) is 0 Å². The molecule has 1 aliphatic rings. The second-order valence-electron chi connectivity index (χ2n) is 4.35. The summed E-state index contributed by atoms with van der Waals surface area (Å²) in [5.74, 6) is 0.836. The highest BCUT2D eigenvalue weighted by molar-refractivity contribution is 5.62. The van der Waals surface area contributed by atoms with E-state index in [9.17, 15) is 0 Å². The highest BCUT2D eigenvalue weighted by Crippen LogP contribution is 2.24. The smallest absolute Gasteiger partial charge is 0.159 e. The maximum Gasteiger partial charge on any atom is 0.159 e. The number of hydrogen-bond acceptors (Lipinski definition) is 3. The molecule has 0 amide bonds. The van der Waals surface area contributed by atoms with Crippen LogP contribution in [0.5, 0.6) is 0 Å². The fourth-order valence-corrected chi connectivity index (χ4v) is 2.27. The third-order valence-corrected chi connectivity index (χ3v) is 3.22. The van der Waals surface area contributed by atoms with E-state index in [0.29, 0.717) is 0 Å². The zero-order valence-electron chi connectivity index (χ0n) is 9.90. The minimum atomic E-state index is 0.836. The van der Waals surface area contributed by atoms with Gasteiger partial charge in [0, 0.05) is 30.2 Å². The van der Waals surface area contributed by atoms with Gasteiger partial charge in [0.2, 0.25) is 0 Å². The fourth-order valence-electron chi connectivity index (χ4n) is 2.27. The molecule has 0 unspecified atom stereocenters. The van der Waals surface area contributed by atoms with Crippen molar-refractivity contribution in [2.75, 3.05) is 12.4 Å². The van der Waals surface area contributed by atoms with E-state index in [4.69, 9.17) is 0 Å². The van der Waals surface area contributed by atoms with Crippen molar-refractivity contribution < 1.29 is 0 Å². The van der Waals surface area contributed by atoms with Gasteiger partial charge in [-0.2, -0.15) is 0 Å². The molecule has 2 aromatic rings. The molecular weight excluding hydrogens is 210 g/mol. The van der Waals surface area contributed by atoms with Gasteiger partial charge in [0.1, 0.15) is 0 Å². The highest BCUT2D eigenvalue weighted by atomic mass is 14.9. The number of aryl methyl sites for hydroxylation is 2. The summed E-state index contributed by atoms with van der Waals surface area (Å²) in [6.07, 6.45) is 5.42. The molecule has 0 radical (unpaired) electrons. The molecule has 0 saturated carbocycles. The molecule has 0 atom stereocenters. The summed E-state index contributed by atoms with van der Waals surface area (Å²) in [6.45, 7) is 0. The predicted octanol–water partition coefficient (Wildman–Crippen LogP) is 2.67. The molecule has 0 fully saturated rings. The lowest BCUT2D eigenvalue weighted by molar-refractivity contribution is 0.900. The number of anilines is 1. The molecule has 0 spiro atoms. The van der Waals surface area contributed by atoms with E-state index in [2.05, 4.69) is 27.4 Å². The van der Waals surface area contributed by atoms with Gasteiger partial charge in [0.05, 0.1) is 0 Å². The topological polar surface area (TPSA) is 37.8 Å². The van der Waals surface area contributed by atoms with Gasteiger partial charge in [-0.25, -0.2) is 9.97 Å². The van der Waals surface area contributed by atoms with Crippen LogP contribution in [0.15, 0.2) is 30.5 Å². The van der Waals surface area contributed by atoms with E-state index < -0.39 is 0 Å². The van der Waals surface area contributed by atoms with Crippen molar-refractivity contribution in [3.05, 3.63) is 41.7 Å². The Kier molecular flexibility index (Phi) is 2.52. The number of nitrogens with zero attached hydrogens (tertiary/aromatic N) is 2. The van der Waals surface area contributed by atoms with Crippen LogP contribution < -0.4 is 5.32 Å². The molecule has 17 heavy (non-hydrogen) atoms. The molecule has 1 aromatic heterocycles. The third kappa shape index (κ3) is 1.88. The summed E-state index contributed by atoms with van der Waals surface area (Å²) < 4.78 is 0. The van der Waals surface area contributed by atoms with Gasteiger partial charge in [-0.05, 0) is 37.0 Å². The predicted molar refractivity (Wildman–Crippen MR) is 69.0 cm³/mol. The molecule has 3 nitrogen and oxygen atoms in total. The molecule has 0 saturated heterocycles. The van der Waals surface area contributed by atoms with Crippen molar-refractivity contribution in [2.24, 2.45) is 0 Å². The summed E-state index contributed by atoms with van der Waals surface area (Å²) in [5, 5.41) is 3.13. The Balaban J connectivity index is 2.03. The highest BCUT2D eigenvalue weighted by Gasteiger charge is 2.14. The summed E-state index contributed by atoms with van der Waals surface area (Å²) >= 11 is 0.